The van der Waals surface area contributed by atoms with Gasteiger partial charge in [0, 0.05) is 48.4 Å². The molecule has 2 unspecified atom stereocenters. The Labute approximate surface area is 122 Å². The van der Waals surface area contributed by atoms with Gasteiger partial charge in [0.25, 0.3) is 0 Å². The number of amides is 2. The van der Waals surface area contributed by atoms with Crippen molar-refractivity contribution in [1.29, 1.82) is 0 Å². The maximum Gasteiger partial charge on any atom is 0.317 e. The second kappa shape index (κ2) is 8.24. The second-order valence-electron chi connectivity index (χ2n) is 5.44. The number of carboxylic acids is 1. The van der Waals surface area contributed by atoms with Crippen molar-refractivity contribution in [2.24, 2.45) is 5.92 Å². The van der Waals surface area contributed by atoms with Crippen LogP contribution in [0, 0.1) is 5.92 Å². The van der Waals surface area contributed by atoms with Crippen LogP contribution in [-0.4, -0.2) is 57.4 Å². The number of carbonyl (C=O) groups excluding carboxylic acids is 1. The molecule has 0 aromatic carbocycles. The average molecular weight is 304 g/mol. The van der Waals surface area contributed by atoms with Gasteiger partial charge in [-0.2, -0.15) is 0 Å². The number of rotatable bonds is 6. The Morgan fingerprint density at radius 2 is 2.00 bits per heavy atom. The quantitative estimate of drug-likeness (QED) is 0.767. The van der Waals surface area contributed by atoms with Gasteiger partial charge in [-0.1, -0.05) is 0 Å². The number of carbonyl (C=O) groups is 2. The van der Waals surface area contributed by atoms with Crippen LogP contribution >= 0.6 is 0 Å². The summed E-state index contributed by atoms with van der Waals surface area (Å²) in [5.74, 6) is -0.00661. The number of aliphatic carboxylic acids is 1. The summed E-state index contributed by atoms with van der Waals surface area (Å²) in [6, 6.07) is -0.101. The number of nitrogens with one attached hydrogen (secondary N) is 1. The van der Waals surface area contributed by atoms with E-state index < -0.39 is 16.8 Å². The van der Waals surface area contributed by atoms with Crippen molar-refractivity contribution in [3.05, 3.63) is 0 Å². The highest BCUT2D eigenvalue weighted by Gasteiger charge is 2.24. The van der Waals surface area contributed by atoms with E-state index in [-0.39, 0.29) is 24.4 Å². The summed E-state index contributed by atoms with van der Waals surface area (Å²) in [5.41, 5.74) is 0. The summed E-state index contributed by atoms with van der Waals surface area (Å²) in [6.07, 6.45) is 4.03. The highest BCUT2D eigenvalue weighted by atomic mass is 32.2. The molecule has 1 heterocycles. The summed E-state index contributed by atoms with van der Waals surface area (Å²) in [6.45, 7) is 3.12. The second-order valence-corrected chi connectivity index (χ2v) is 7.00. The van der Waals surface area contributed by atoms with Gasteiger partial charge in [0.1, 0.15) is 0 Å². The van der Waals surface area contributed by atoms with E-state index in [0.29, 0.717) is 25.3 Å². The largest absolute Gasteiger partial charge is 0.481 e. The first-order chi connectivity index (χ1) is 9.38. The smallest absolute Gasteiger partial charge is 0.317 e. The molecule has 0 aromatic rings. The molecule has 0 saturated carbocycles. The van der Waals surface area contributed by atoms with Crippen LogP contribution in [0.5, 0.6) is 0 Å². The Balaban J connectivity index is 2.28. The summed E-state index contributed by atoms with van der Waals surface area (Å²) < 4.78 is 11.0. The monoisotopic (exact) mass is 304 g/mol. The maximum absolute atomic E-state index is 12.0. The minimum absolute atomic E-state index is 0.00291. The lowest BCUT2D eigenvalue weighted by Crippen LogP contribution is -2.47. The molecule has 6 nitrogen and oxygen atoms in total. The van der Waals surface area contributed by atoms with Gasteiger partial charge < -0.3 is 15.3 Å². The molecule has 1 saturated heterocycles. The molecule has 0 aromatic heterocycles. The SMILES string of the molecule is CC(CCS(C)=O)NC(=O)N1CCC(CC(=O)O)CC1. The van der Waals surface area contributed by atoms with Crippen LogP contribution in [0.15, 0.2) is 0 Å². The van der Waals surface area contributed by atoms with Gasteiger partial charge in [0.15, 0.2) is 0 Å². The first-order valence-electron chi connectivity index (χ1n) is 6.95. The molecule has 1 aliphatic heterocycles. The third kappa shape index (κ3) is 6.36. The molecule has 1 fully saturated rings. The molecule has 7 heteroatoms. The lowest BCUT2D eigenvalue weighted by Gasteiger charge is -2.32. The highest BCUT2D eigenvalue weighted by Crippen LogP contribution is 2.20. The number of urea groups is 1. The molecular formula is C13H24N2O4S. The van der Waals surface area contributed by atoms with E-state index in [0.717, 1.165) is 12.8 Å². The number of hydrogen-bond donors (Lipinski definition) is 2. The van der Waals surface area contributed by atoms with Gasteiger partial charge >= 0.3 is 12.0 Å². The molecule has 0 radical (unpaired) electrons. The van der Waals surface area contributed by atoms with Gasteiger partial charge in [0.2, 0.25) is 0 Å². The van der Waals surface area contributed by atoms with E-state index >= 15 is 0 Å². The fourth-order valence-electron chi connectivity index (χ4n) is 2.30. The Morgan fingerprint density at radius 1 is 1.40 bits per heavy atom. The lowest BCUT2D eigenvalue weighted by atomic mass is 9.94. The summed E-state index contributed by atoms with van der Waals surface area (Å²) in [7, 11) is -0.837. The van der Waals surface area contributed by atoms with Crippen LogP contribution in [0.3, 0.4) is 0 Å². The fraction of sp³-hybridized carbons (Fsp3) is 0.846. The molecule has 2 atom stereocenters. The van der Waals surface area contributed by atoms with Crippen molar-refractivity contribution in [1.82, 2.24) is 10.2 Å². The Morgan fingerprint density at radius 3 is 2.50 bits per heavy atom. The lowest BCUT2D eigenvalue weighted by molar-refractivity contribution is -0.138. The van der Waals surface area contributed by atoms with E-state index in [1.54, 1.807) is 11.2 Å². The summed E-state index contributed by atoms with van der Waals surface area (Å²) in [5, 5.41) is 11.6. The average Bonchev–Trinajstić information content (AvgIpc) is 2.36. The predicted octanol–water partition coefficient (Wildman–Crippen LogP) is 1.04. The van der Waals surface area contributed by atoms with Gasteiger partial charge in [-0.15, -0.1) is 0 Å². The number of nitrogens with zero attached hydrogens (tertiary/aromatic N) is 1. The normalized spacial score (nSPS) is 19.4. The molecule has 2 amide bonds. The molecule has 1 aliphatic rings. The molecule has 0 aliphatic carbocycles. The van der Waals surface area contributed by atoms with Crippen LogP contribution in [-0.2, 0) is 15.6 Å². The predicted molar refractivity (Wildman–Crippen MR) is 78.1 cm³/mol. The van der Waals surface area contributed by atoms with Crippen LogP contribution in [0.25, 0.3) is 0 Å². The van der Waals surface area contributed by atoms with Crippen molar-refractivity contribution in [3.8, 4) is 0 Å². The summed E-state index contributed by atoms with van der Waals surface area (Å²) in [4.78, 5) is 24.4. The van der Waals surface area contributed by atoms with Gasteiger partial charge in [-0.25, -0.2) is 4.79 Å². The van der Waals surface area contributed by atoms with E-state index in [1.807, 2.05) is 6.92 Å². The molecule has 116 valence electrons. The zero-order valence-electron chi connectivity index (χ0n) is 12.1. The fourth-order valence-corrected chi connectivity index (χ4v) is 2.99. The van der Waals surface area contributed by atoms with E-state index in [1.165, 1.54) is 0 Å². The summed E-state index contributed by atoms with van der Waals surface area (Å²) >= 11 is 0. The van der Waals surface area contributed by atoms with E-state index in [9.17, 15) is 13.8 Å². The first kappa shape index (κ1) is 16.9. The van der Waals surface area contributed by atoms with Crippen molar-refractivity contribution >= 4 is 22.8 Å². The molecule has 0 bridgehead atoms. The number of carboxylic acid groups (broad SMARTS) is 1. The van der Waals surface area contributed by atoms with E-state index in [2.05, 4.69) is 5.32 Å². The standard InChI is InChI=1S/C13H24N2O4S/c1-10(5-8-20(2)19)14-13(18)15-6-3-11(4-7-15)9-12(16)17/h10-11H,3-9H2,1-2H3,(H,14,18)(H,16,17). The first-order valence-corrected chi connectivity index (χ1v) is 8.68. The van der Waals surface area contributed by atoms with Crippen molar-refractivity contribution in [3.63, 3.8) is 0 Å². The minimum atomic E-state index is -0.837. The Hall–Kier alpha value is -1.11. The number of likely N-dealkylation sites (tertiary alicyclic amines) is 1. The van der Waals surface area contributed by atoms with Crippen LogP contribution in [0.2, 0.25) is 0 Å². The molecule has 2 N–H and O–H groups in total. The number of hydrogen-bond acceptors (Lipinski definition) is 3. The van der Waals surface area contributed by atoms with Crippen LogP contribution in [0.4, 0.5) is 4.79 Å². The Bertz CT molecular complexity index is 367. The Kier molecular flexibility index (Phi) is 6.98. The highest BCUT2D eigenvalue weighted by molar-refractivity contribution is 7.84. The zero-order valence-corrected chi connectivity index (χ0v) is 12.9. The third-order valence-electron chi connectivity index (χ3n) is 3.57. The van der Waals surface area contributed by atoms with Crippen molar-refractivity contribution in [2.45, 2.75) is 38.6 Å². The van der Waals surface area contributed by atoms with Crippen LogP contribution in [0.1, 0.15) is 32.6 Å². The maximum atomic E-state index is 12.0. The molecule has 20 heavy (non-hydrogen) atoms. The molecule has 1 rings (SSSR count). The van der Waals surface area contributed by atoms with Crippen LogP contribution < -0.4 is 5.32 Å². The molecular weight excluding hydrogens is 280 g/mol. The molecule has 0 spiro atoms. The minimum Gasteiger partial charge on any atom is -0.481 e. The van der Waals surface area contributed by atoms with Gasteiger partial charge in [-0.3, -0.25) is 9.00 Å². The number of piperidine rings is 1. The van der Waals surface area contributed by atoms with E-state index in [4.69, 9.17) is 5.11 Å². The zero-order chi connectivity index (χ0) is 15.1. The third-order valence-corrected chi connectivity index (χ3v) is 4.38. The van der Waals surface area contributed by atoms with Crippen molar-refractivity contribution in [2.75, 3.05) is 25.1 Å². The van der Waals surface area contributed by atoms with Crippen molar-refractivity contribution < 1.29 is 18.9 Å². The van der Waals surface area contributed by atoms with Gasteiger partial charge in [0.05, 0.1) is 0 Å². The topological polar surface area (TPSA) is 86.7 Å². The van der Waals surface area contributed by atoms with Gasteiger partial charge in [-0.05, 0) is 32.1 Å².